The van der Waals surface area contributed by atoms with Crippen molar-refractivity contribution < 1.29 is 33.3 Å². The van der Waals surface area contributed by atoms with E-state index < -0.39 is 17.6 Å². The first-order valence-corrected chi connectivity index (χ1v) is 8.99. The fourth-order valence-electron chi connectivity index (χ4n) is 3.32. The maximum Gasteiger partial charge on any atom is 0.300 e. The lowest BCUT2D eigenvalue weighted by atomic mass is 10.1. The summed E-state index contributed by atoms with van der Waals surface area (Å²) in [5.74, 6) is -1.12. The Morgan fingerprint density at radius 3 is 2.20 bits per heavy atom. The fourth-order valence-corrected chi connectivity index (χ4v) is 3.32. The maximum absolute atomic E-state index is 12.7. The first kappa shape index (κ1) is 21.0. The summed E-state index contributed by atoms with van der Waals surface area (Å²) in [6, 6.07) is 6.80. The molecule has 9 nitrogen and oxygen atoms in total. The van der Waals surface area contributed by atoms with Crippen molar-refractivity contribution in [3.8, 4) is 23.0 Å². The molecule has 2 aromatic carbocycles. The van der Waals surface area contributed by atoms with Crippen molar-refractivity contribution in [3.05, 3.63) is 35.4 Å². The lowest BCUT2D eigenvalue weighted by Gasteiger charge is -2.19. The summed E-state index contributed by atoms with van der Waals surface area (Å²) in [6.45, 7) is 1.49. The van der Waals surface area contributed by atoms with Gasteiger partial charge in [0.2, 0.25) is 11.7 Å². The van der Waals surface area contributed by atoms with E-state index in [9.17, 15) is 14.4 Å². The normalized spacial score (nSPS) is 12.5. The minimum atomic E-state index is -0.843. The average Bonchev–Trinajstić information content (AvgIpc) is 2.96. The Bertz CT molecular complexity index is 1030. The third kappa shape index (κ3) is 3.49. The number of nitrogens with zero attached hydrogens (tertiary/aromatic N) is 1. The van der Waals surface area contributed by atoms with Crippen LogP contribution in [0, 0.1) is 6.92 Å². The number of rotatable bonds is 7. The molecule has 0 fully saturated rings. The number of hydrogen-bond acceptors (Lipinski definition) is 7. The molecule has 0 radical (unpaired) electrons. The van der Waals surface area contributed by atoms with Crippen LogP contribution in [-0.2, 0) is 9.59 Å². The second-order valence-electron chi connectivity index (χ2n) is 6.51. The zero-order valence-corrected chi connectivity index (χ0v) is 17.3. The van der Waals surface area contributed by atoms with E-state index in [1.54, 1.807) is 12.1 Å². The van der Waals surface area contributed by atoms with Gasteiger partial charge in [-0.15, -0.1) is 0 Å². The molecule has 0 aromatic heterocycles. The van der Waals surface area contributed by atoms with E-state index in [0.717, 1.165) is 10.5 Å². The van der Waals surface area contributed by atoms with Gasteiger partial charge < -0.3 is 24.3 Å². The summed E-state index contributed by atoms with van der Waals surface area (Å²) < 4.78 is 21.1. The predicted molar refractivity (Wildman–Crippen MR) is 109 cm³/mol. The molecule has 3 rings (SSSR count). The van der Waals surface area contributed by atoms with Gasteiger partial charge in [-0.05, 0) is 24.6 Å². The number of amides is 2. The molecule has 2 amide bonds. The predicted octanol–water partition coefficient (Wildman–Crippen LogP) is 2.20. The summed E-state index contributed by atoms with van der Waals surface area (Å²) in [4.78, 5) is 39.0. The van der Waals surface area contributed by atoms with Crippen LogP contribution >= 0.6 is 0 Å². The summed E-state index contributed by atoms with van der Waals surface area (Å²) in [5, 5.41) is 2.72. The second kappa shape index (κ2) is 8.32. The molecule has 1 aliphatic rings. The number of Topliss-reactive ketones (excluding diaryl/α,β-unsaturated/α-hetero) is 1. The standard InChI is InChI=1S/C21H22N2O7/c1-11-6-7-14(27-2)12(8-11)22-16(24)10-23-13-9-15(28-3)19(29-4)20(30-5)17(13)18(25)21(23)26/h6-9H,10H2,1-5H3,(H,22,24). The van der Waals surface area contributed by atoms with Crippen LogP contribution in [0.5, 0.6) is 23.0 Å². The van der Waals surface area contributed by atoms with Gasteiger partial charge in [-0.1, -0.05) is 6.07 Å². The topological polar surface area (TPSA) is 103 Å². The van der Waals surface area contributed by atoms with Crippen LogP contribution in [0.25, 0.3) is 0 Å². The van der Waals surface area contributed by atoms with Crippen molar-refractivity contribution in [1.82, 2.24) is 0 Å². The third-order valence-corrected chi connectivity index (χ3v) is 4.70. The fraction of sp³-hybridized carbons (Fsp3) is 0.286. The number of ether oxygens (including phenoxy) is 4. The summed E-state index contributed by atoms with van der Waals surface area (Å²) >= 11 is 0. The van der Waals surface area contributed by atoms with Gasteiger partial charge in [-0.2, -0.15) is 0 Å². The van der Waals surface area contributed by atoms with Crippen LogP contribution in [0.2, 0.25) is 0 Å². The molecule has 1 heterocycles. The van der Waals surface area contributed by atoms with E-state index in [0.29, 0.717) is 11.4 Å². The largest absolute Gasteiger partial charge is 0.495 e. The first-order valence-electron chi connectivity index (χ1n) is 8.99. The summed E-state index contributed by atoms with van der Waals surface area (Å²) in [7, 11) is 5.66. The van der Waals surface area contributed by atoms with Gasteiger partial charge in [0.15, 0.2) is 11.5 Å². The lowest BCUT2D eigenvalue weighted by molar-refractivity contribution is -0.118. The summed E-state index contributed by atoms with van der Waals surface area (Å²) in [6.07, 6.45) is 0. The lowest BCUT2D eigenvalue weighted by Crippen LogP contribution is -2.37. The monoisotopic (exact) mass is 414 g/mol. The molecule has 0 spiro atoms. The number of aryl methyl sites for hydroxylation is 1. The quantitative estimate of drug-likeness (QED) is 0.693. The Morgan fingerprint density at radius 1 is 0.933 bits per heavy atom. The smallest absolute Gasteiger partial charge is 0.300 e. The van der Waals surface area contributed by atoms with Crippen LogP contribution in [0.3, 0.4) is 0 Å². The Balaban J connectivity index is 1.96. The number of methoxy groups -OCH3 is 4. The van der Waals surface area contributed by atoms with Crippen molar-refractivity contribution in [3.63, 3.8) is 0 Å². The van der Waals surface area contributed by atoms with Crippen LogP contribution < -0.4 is 29.2 Å². The first-order chi connectivity index (χ1) is 14.4. The van der Waals surface area contributed by atoms with Gasteiger partial charge in [0, 0.05) is 6.07 Å². The number of fused-ring (bicyclic) bond motifs is 1. The van der Waals surface area contributed by atoms with Crippen molar-refractivity contribution >= 4 is 29.0 Å². The van der Waals surface area contributed by atoms with E-state index in [1.165, 1.54) is 34.5 Å². The van der Waals surface area contributed by atoms with Gasteiger partial charge in [-0.3, -0.25) is 19.3 Å². The molecule has 0 unspecified atom stereocenters. The molecule has 1 N–H and O–H groups in total. The van der Waals surface area contributed by atoms with E-state index in [-0.39, 0.29) is 35.0 Å². The maximum atomic E-state index is 12.7. The van der Waals surface area contributed by atoms with Gasteiger partial charge in [0.25, 0.3) is 11.7 Å². The highest BCUT2D eigenvalue weighted by Crippen LogP contribution is 2.48. The minimum absolute atomic E-state index is 0.0288. The number of ketones is 1. The molecule has 30 heavy (non-hydrogen) atoms. The van der Waals surface area contributed by atoms with Crippen LogP contribution in [0.4, 0.5) is 11.4 Å². The molecule has 9 heteroatoms. The zero-order valence-electron chi connectivity index (χ0n) is 17.3. The Morgan fingerprint density at radius 2 is 1.60 bits per heavy atom. The highest BCUT2D eigenvalue weighted by molar-refractivity contribution is 6.53. The van der Waals surface area contributed by atoms with Gasteiger partial charge in [0.1, 0.15) is 12.3 Å². The van der Waals surface area contributed by atoms with E-state index >= 15 is 0 Å². The molecule has 0 bridgehead atoms. The van der Waals surface area contributed by atoms with Crippen molar-refractivity contribution in [2.45, 2.75) is 6.92 Å². The van der Waals surface area contributed by atoms with E-state index in [4.69, 9.17) is 18.9 Å². The third-order valence-electron chi connectivity index (χ3n) is 4.70. The molecule has 0 saturated carbocycles. The number of carbonyl (C=O) groups excluding carboxylic acids is 3. The van der Waals surface area contributed by atoms with Gasteiger partial charge in [0.05, 0.1) is 45.4 Å². The van der Waals surface area contributed by atoms with E-state index in [1.807, 2.05) is 13.0 Å². The molecular weight excluding hydrogens is 392 g/mol. The Hall–Kier alpha value is -3.75. The minimum Gasteiger partial charge on any atom is -0.495 e. The zero-order chi connectivity index (χ0) is 22.0. The summed E-state index contributed by atoms with van der Waals surface area (Å²) in [5.41, 5.74) is 1.63. The molecule has 0 atom stereocenters. The van der Waals surface area contributed by atoms with Crippen LogP contribution in [0.1, 0.15) is 15.9 Å². The number of anilines is 2. The average molecular weight is 414 g/mol. The molecule has 0 saturated heterocycles. The Labute approximate surface area is 173 Å². The van der Waals surface area contributed by atoms with E-state index in [2.05, 4.69) is 5.32 Å². The molecule has 158 valence electrons. The molecular formula is C21H22N2O7. The van der Waals surface area contributed by atoms with Crippen molar-refractivity contribution in [1.29, 1.82) is 0 Å². The second-order valence-corrected chi connectivity index (χ2v) is 6.51. The molecule has 0 aliphatic carbocycles. The molecule has 2 aromatic rings. The molecule has 1 aliphatic heterocycles. The van der Waals surface area contributed by atoms with Crippen molar-refractivity contribution in [2.75, 3.05) is 45.2 Å². The van der Waals surface area contributed by atoms with Crippen LogP contribution in [0.15, 0.2) is 24.3 Å². The van der Waals surface area contributed by atoms with Gasteiger partial charge >= 0.3 is 0 Å². The SMILES string of the molecule is COc1ccc(C)cc1NC(=O)CN1C(=O)C(=O)c2c1cc(OC)c(OC)c2OC. The Kier molecular flexibility index (Phi) is 5.81. The highest BCUT2D eigenvalue weighted by Gasteiger charge is 2.42. The van der Waals surface area contributed by atoms with Crippen molar-refractivity contribution in [2.24, 2.45) is 0 Å². The van der Waals surface area contributed by atoms with Gasteiger partial charge in [-0.25, -0.2) is 0 Å². The highest BCUT2D eigenvalue weighted by atomic mass is 16.5. The number of carbonyl (C=O) groups is 3. The number of nitrogens with one attached hydrogen (secondary N) is 1. The number of hydrogen-bond donors (Lipinski definition) is 1. The van der Waals surface area contributed by atoms with Crippen LogP contribution in [-0.4, -0.2) is 52.6 Å². The number of benzene rings is 2.